The lowest BCUT2D eigenvalue weighted by atomic mass is 10.3. The zero-order chi connectivity index (χ0) is 11.5. The minimum Gasteiger partial charge on any atom is -0.329 e. The zero-order valence-corrected chi connectivity index (χ0v) is 11.7. The summed E-state index contributed by atoms with van der Waals surface area (Å²) in [5, 5.41) is 0. The molecule has 0 aliphatic carbocycles. The Morgan fingerprint density at radius 2 is 1.80 bits per heavy atom. The average molecular weight is 358 g/mol. The van der Waals surface area contributed by atoms with Crippen molar-refractivity contribution in [3.63, 3.8) is 0 Å². The van der Waals surface area contributed by atoms with Gasteiger partial charge in [0.15, 0.2) is 0 Å². The third-order valence-corrected chi connectivity index (χ3v) is 4.22. The minimum atomic E-state index is -3.36. The van der Waals surface area contributed by atoms with Gasteiger partial charge in [0.25, 0.3) is 0 Å². The van der Waals surface area contributed by atoms with E-state index in [2.05, 4.69) is 36.6 Å². The largest absolute Gasteiger partial charge is 0.329 e. The summed E-state index contributed by atoms with van der Waals surface area (Å²) < 4.78 is 26.8. The van der Waals surface area contributed by atoms with Gasteiger partial charge in [-0.15, -0.1) is 0 Å². The molecule has 3 N–H and O–H groups in total. The number of benzene rings is 1. The lowest BCUT2D eigenvalue weighted by Crippen LogP contribution is -2.22. The van der Waals surface area contributed by atoms with E-state index in [1.54, 1.807) is 18.2 Å². The van der Waals surface area contributed by atoms with E-state index in [9.17, 15) is 8.42 Å². The Morgan fingerprint density at radius 3 is 2.27 bits per heavy atom. The summed E-state index contributed by atoms with van der Waals surface area (Å²) in [6.07, 6.45) is 0. The minimum absolute atomic E-state index is 0.0946. The van der Waals surface area contributed by atoms with Gasteiger partial charge in [-0.05, 0) is 44.0 Å². The predicted molar refractivity (Wildman–Crippen MR) is 68.3 cm³/mol. The van der Waals surface area contributed by atoms with Gasteiger partial charge in [-0.3, -0.25) is 4.72 Å². The number of anilines is 1. The molecule has 84 valence electrons. The first-order valence-corrected chi connectivity index (χ1v) is 7.34. The van der Waals surface area contributed by atoms with Crippen LogP contribution >= 0.6 is 31.9 Å². The van der Waals surface area contributed by atoms with Crippen LogP contribution in [0.25, 0.3) is 0 Å². The van der Waals surface area contributed by atoms with Crippen LogP contribution in [0.15, 0.2) is 27.1 Å². The Labute approximate surface area is 106 Å². The first-order chi connectivity index (χ1) is 6.96. The third-order valence-electron chi connectivity index (χ3n) is 1.61. The highest BCUT2D eigenvalue weighted by Gasteiger charge is 2.13. The quantitative estimate of drug-likeness (QED) is 0.864. The standard InChI is InChI=1S/C8H10Br2N2O2S/c9-6-2-1-3-7(10)8(6)12-15(13,14)5-4-11/h1-3,12H,4-5,11H2. The molecule has 1 aromatic rings. The van der Waals surface area contributed by atoms with E-state index in [4.69, 9.17) is 5.73 Å². The van der Waals surface area contributed by atoms with Crippen molar-refractivity contribution < 1.29 is 8.42 Å². The number of nitrogens with one attached hydrogen (secondary N) is 1. The molecule has 0 radical (unpaired) electrons. The first-order valence-electron chi connectivity index (χ1n) is 4.11. The van der Waals surface area contributed by atoms with Crippen molar-refractivity contribution in [1.82, 2.24) is 0 Å². The van der Waals surface area contributed by atoms with Gasteiger partial charge in [0.05, 0.1) is 11.4 Å². The maximum atomic E-state index is 11.5. The van der Waals surface area contributed by atoms with Crippen LogP contribution in [0.5, 0.6) is 0 Å². The smallest absolute Gasteiger partial charge is 0.234 e. The van der Waals surface area contributed by atoms with Crippen LogP contribution in [0.4, 0.5) is 5.69 Å². The van der Waals surface area contributed by atoms with Gasteiger partial charge in [0.2, 0.25) is 10.0 Å². The van der Waals surface area contributed by atoms with E-state index in [0.29, 0.717) is 14.6 Å². The Bertz CT molecular complexity index is 428. The van der Waals surface area contributed by atoms with Gasteiger partial charge in [0, 0.05) is 15.5 Å². The number of halogens is 2. The van der Waals surface area contributed by atoms with Crippen molar-refractivity contribution in [1.29, 1.82) is 0 Å². The zero-order valence-electron chi connectivity index (χ0n) is 7.70. The molecule has 0 aromatic heterocycles. The fraction of sp³-hybridized carbons (Fsp3) is 0.250. The molecule has 0 amide bonds. The number of sulfonamides is 1. The fourth-order valence-electron chi connectivity index (χ4n) is 0.957. The summed E-state index contributed by atoms with van der Waals surface area (Å²) in [5.74, 6) is -0.0965. The highest BCUT2D eigenvalue weighted by molar-refractivity contribution is 9.11. The summed E-state index contributed by atoms with van der Waals surface area (Å²) >= 11 is 6.53. The van der Waals surface area contributed by atoms with E-state index in [0.717, 1.165) is 0 Å². The van der Waals surface area contributed by atoms with Crippen LogP contribution in [0.2, 0.25) is 0 Å². The van der Waals surface area contributed by atoms with Crippen LogP contribution in [-0.2, 0) is 10.0 Å². The number of rotatable bonds is 4. The number of para-hydroxylation sites is 1. The highest BCUT2D eigenvalue weighted by atomic mass is 79.9. The summed E-state index contributed by atoms with van der Waals surface area (Å²) in [7, 11) is -3.36. The molecule has 7 heteroatoms. The van der Waals surface area contributed by atoms with Gasteiger partial charge in [-0.25, -0.2) is 8.42 Å². The summed E-state index contributed by atoms with van der Waals surface area (Å²) in [6.45, 7) is 0.0946. The topological polar surface area (TPSA) is 72.2 Å². The van der Waals surface area contributed by atoms with Crippen LogP contribution in [0.3, 0.4) is 0 Å². The molecule has 0 aliphatic rings. The van der Waals surface area contributed by atoms with Gasteiger partial charge < -0.3 is 5.73 Å². The van der Waals surface area contributed by atoms with Gasteiger partial charge in [-0.2, -0.15) is 0 Å². The van der Waals surface area contributed by atoms with E-state index < -0.39 is 10.0 Å². The lowest BCUT2D eigenvalue weighted by Gasteiger charge is -2.10. The van der Waals surface area contributed by atoms with Crippen molar-refractivity contribution in [2.45, 2.75) is 0 Å². The molecule has 1 aromatic carbocycles. The molecule has 0 fully saturated rings. The Hall–Kier alpha value is -0.110. The molecule has 4 nitrogen and oxygen atoms in total. The molecule has 0 spiro atoms. The molecular weight excluding hydrogens is 348 g/mol. The molecule has 15 heavy (non-hydrogen) atoms. The third kappa shape index (κ3) is 3.75. The highest BCUT2D eigenvalue weighted by Crippen LogP contribution is 2.31. The Morgan fingerprint density at radius 1 is 1.27 bits per heavy atom. The Balaban J connectivity index is 2.99. The van der Waals surface area contributed by atoms with Crippen LogP contribution in [0.1, 0.15) is 0 Å². The van der Waals surface area contributed by atoms with E-state index >= 15 is 0 Å². The summed E-state index contributed by atoms with van der Waals surface area (Å²) in [5.41, 5.74) is 5.69. The van der Waals surface area contributed by atoms with Crippen molar-refractivity contribution >= 4 is 47.6 Å². The second-order valence-electron chi connectivity index (χ2n) is 2.81. The summed E-state index contributed by atoms with van der Waals surface area (Å²) in [4.78, 5) is 0. The molecule has 0 heterocycles. The van der Waals surface area contributed by atoms with E-state index in [1.165, 1.54) is 0 Å². The Kier molecular flexibility index (Phi) is 4.57. The molecule has 0 bridgehead atoms. The van der Waals surface area contributed by atoms with E-state index in [-0.39, 0.29) is 12.3 Å². The maximum absolute atomic E-state index is 11.5. The van der Waals surface area contributed by atoms with E-state index in [1.807, 2.05) is 0 Å². The van der Waals surface area contributed by atoms with Crippen molar-refractivity contribution in [2.75, 3.05) is 17.0 Å². The average Bonchev–Trinajstić information content (AvgIpc) is 2.11. The molecule has 1 rings (SSSR count). The first kappa shape index (κ1) is 13.0. The second-order valence-corrected chi connectivity index (χ2v) is 6.36. The SMILES string of the molecule is NCCS(=O)(=O)Nc1c(Br)cccc1Br. The summed E-state index contributed by atoms with van der Waals surface area (Å²) in [6, 6.07) is 5.31. The normalized spacial score (nSPS) is 11.4. The molecule has 0 saturated carbocycles. The van der Waals surface area contributed by atoms with Crippen LogP contribution < -0.4 is 10.5 Å². The van der Waals surface area contributed by atoms with Crippen LogP contribution in [-0.4, -0.2) is 20.7 Å². The molecule has 0 aliphatic heterocycles. The molecule has 0 atom stereocenters. The lowest BCUT2D eigenvalue weighted by molar-refractivity contribution is 0.601. The van der Waals surface area contributed by atoms with Crippen molar-refractivity contribution in [2.24, 2.45) is 5.73 Å². The molecule has 0 unspecified atom stereocenters. The van der Waals surface area contributed by atoms with Gasteiger partial charge in [-0.1, -0.05) is 6.07 Å². The fourth-order valence-corrected chi connectivity index (χ4v) is 3.36. The maximum Gasteiger partial charge on any atom is 0.234 e. The van der Waals surface area contributed by atoms with Crippen molar-refractivity contribution in [3.05, 3.63) is 27.1 Å². The number of hydrogen-bond donors (Lipinski definition) is 2. The van der Waals surface area contributed by atoms with Crippen molar-refractivity contribution in [3.8, 4) is 0 Å². The number of hydrogen-bond acceptors (Lipinski definition) is 3. The van der Waals surface area contributed by atoms with Gasteiger partial charge >= 0.3 is 0 Å². The molecular formula is C8H10Br2N2O2S. The number of nitrogens with two attached hydrogens (primary N) is 1. The predicted octanol–water partition coefficient (Wildman–Crippen LogP) is 1.91. The molecule has 0 saturated heterocycles. The van der Waals surface area contributed by atoms with Crippen LogP contribution in [0, 0.1) is 0 Å². The van der Waals surface area contributed by atoms with Gasteiger partial charge in [0.1, 0.15) is 0 Å². The second kappa shape index (κ2) is 5.29. The monoisotopic (exact) mass is 356 g/mol.